The van der Waals surface area contributed by atoms with Crippen molar-refractivity contribution in [2.45, 2.75) is 26.3 Å². The molecule has 2 aromatic carbocycles. The first kappa shape index (κ1) is 15.4. The number of hydrogen-bond donors (Lipinski definition) is 1. The molecule has 0 amide bonds. The molecule has 0 radical (unpaired) electrons. The van der Waals surface area contributed by atoms with Crippen molar-refractivity contribution < 1.29 is 4.39 Å². The van der Waals surface area contributed by atoms with Gasteiger partial charge in [0.05, 0.1) is 0 Å². The first-order valence-corrected chi connectivity index (χ1v) is 7.92. The van der Waals surface area contributed by atoms with Crippen LogP contribution in [0.3, 0.4) is 0 Å². The van der Waals surface area contributed by atoms with E-state index in [-0.39, 0.29) is 11.9 Å². The van der Waals surface area contributed by atoms with E-state index < -0.39 is 0 Å². The Labute approximate surface area is 133 Å². The lowest BCUT2D eigenvalue weighted by molar-refractivity contribution is 0.544. The number of benzene rings is 2. The maximum absolute atomic E-state index is 13.3. The minimum Gasteiger partial charge on any atom is -0.310 e. The molecule has 2 aromatic rings. The summed E-state index contributed by atoms with van der Waals surface area (Å²) in [4.78, 5) is 0. The Hall–Kier alpha value is -0.940. The second-order valence-electron chi connectivity index (χ2n) is 4.91. The second kappa shape index (κ2) is 7.18. The molecule has 106 valence electrons. The van der Waals surface area contributed by atoms with Crippen LogP contribution < -0.4 is 5.32 Å². The molecule has 20 heavy (non-hydrogen) atoms. The van der Waals surface area contributed by atoms with Crippen LogP contribution in [0.2, 0.25) is 0 Å². The highest BCUT2D eigenvalue weighted by Gasteiger charge is 2.15. The van der Waals surface area contributed by atoms with Gasteiger partial charge in [-0.3, -0.25) is 0 Å². The summed E-state index contributed by atoms with van der Waals surface area (Å²) >= 11 is 2.21. The highest BCUT2D eigenvalue weighted by molar-refractivity contribution is 14.1. The van der Waals surface area contributed by atoms with E-state index in [9.17, 15) is 4.39 Å². The fourth-order valence-electron chi connectivity index (χ4n) is 2.38. The Bertz CT molecular complexity index is 583. The summed E-state index contributed by atoms with van der Waals surface area (Å²) in [6.07, 6.45) is 0.919. The summed E-state index contributed by atoms with van der Waals surface area (Å²) in [6, 6.07) is 13.7. The summed E-state index contributed by atoms with van der Waals surface area (Å²) in [5, 5.41) is 3.51. The summed E-state index contributed by atoms with van der Waals surface area (Å²) in [5.41, 5.74) is 3.79. The molecule has 0 aliphatic carbocycles. The van der Waals surface area contributed by atoms with Gasteiger partial charge in [0.2, 0.25) is 0 Å². The number of halogens is 2. The average molecular weight is 383 g/mol. The van der Waals surface area contributed by atoms with Gasteiger partial charge in [-0.05, 0) is 71.3 Å². The third-order valence-electron chi connectivity index (χ3n) is 3.47. The van der Waals surface area contributed by atoms with Gasteiger partial charge in [-0.1, -0.05) is 37.3 Å². The molecular weight excluding hydrogens is 364 g/mol. The summed E-state index contributed by atoms with van der Waals surface area (Å²) < 4.78 is 14.2. The van der Waals surface area contributed by atoms with Crippen LogP contribution in [0, 0.1) is 16.3 Å². The van der Waals surface area contributed by atoms with Gasteiger partial charge in [0.15, 0.2) is 0 Å². The quantitative estimate of drug-likeness (QED) is 0.743. The molecule has 1 atom stereocenters. The van der Waals surface area contributed by atoms with Gasteiger partial charge in [0.25, 0.3) is 0 Å². The molecule has 0 aliphatic heterocycles. The molecule has 2 rings (SSSR count). The molecule has 1 N–H and O–H groups in total. The van der Waals surface area contributed by atoms with Crippen molar-refractivity contribution in [3.8, 4) is 0 Å². The van der Waals surface area contributed by atoms with Crippen molar-refractivity contribution in [2.75, 3.05) is 6.54 Å². The molecule has 0 aliphatic rings. The first-order chi connectivity index (χ1) is 9.61. The van der Waals surface area contributed by atoms with Crippen LogP contribution in [0.1, 0.15) is 29.7 Å². The van der Waals surface area contributed by atoms with E-state index >= 15 is 0 Å². The Balaban J connectivity index is 2.29. The maximum atomic E-state index is 13.3. The summed E-state index contributed by atoms with van der Waals surface area (Å²) in [7, 11) is 0. The first-order valence-electron chi connectivity index (χ1n) is 6.84. The fraction of sp³-hybridized carbons (Fsp3) is 0.294. The third kappa shape index (κ3) is 3.79. The molecular formula is C17H19FIN. The van der Waals surface area contributed by atoms with Crippen molar-refractivity contribution >= 4 is 22.6 Å². The number of aryl methyl sites for hydroxylation is 1. The van der Waals surface area contributed by atoms with Crippen LogP contribution in [-0.2, 0) is 6.42 Å². The number of likely N-dealkylation sites (N-methyl/N-ethyl adjacent to an activating group) is 1. The minimum absolute atomic E-state index is 0.177. The zero-order chi connectivity index (χ0) is 14.5. The molecule has 1 unspecified atom stereocenters. The van der Waals surface area contributed by atoms with Gasteiger partial charge in [0, 0.05) is 9.61 Å². The lowest BCUT2D eigenvalue weighted by Crippen LogP contribution is -2.24. The smallest absolute Gasteiger partial charge is 0.124 e. The molecule has 0 aromatic heterocycles. The molecule has 0 heterocycles. The fourth-order valence-corrected chi connectivity index (χ4v) is 3.23. The third-order valence-corrected chi connectivity index (χ3v) is 4.41. The lowest BCUT2D eigenvalue weighted by atomic mass is 9.96. The van der Waals surface area contributed by atoms with Crippen LogP contribution in [0.4, 0.5) is 4.39 Å². The average Bonchev–Trinajstić information content (AvgIpc) is 2.41. The molecule has 0 saturated heterocycles. The Kier molecular flexibility index (Phi) is 5.54. The van der Waals surface area contributed by atoms with Gasteiger partial charge in [-0.25, -0.2) is 4.39 Å². The van der Waals surface area contributed by atoms with E-state index in [1.165, 1.54) is 11.1 Å². The highest BCUT2D eigenvalue weighted by atomic mass is 127. The Morgan fingerprint density at radius 3 is 2.60 bits per heavy atom. The second-order valence-corrected chi connectivity index (χ2v) is 6.07. The van der Waals surface area contributed by atoms with Gasteiger partial charge in [-0.15, -0.1) is 0 Å². The number of nitrogens with one attached hydrogen (secondary N) is 1. The van der Waals surface area contributed by atoms with Gasteiger partial charge >= 0.3 is 0 Å². The van der Waals surface area contributed by atoms with Crippen LogP contribution in [0.15, 0.2) is 42.5 Å². The topological polar surface area (TPSA) is 12.0 Å². The van der Waals surface area contributed by atoms with Crippen LogP contribution in [0.25, 0.3) is 0 Å². The molecule has 0 fully saturated rings. The summed E-state index contributed by atoms with van der Waals surface area (Å²) in [5.74, 6) is -0.177. The van der Waals surface area contributed by atoms with Crippen molar-refractivity contribution in [2.24, 2.45) is 0 Å². The molecule has 3 heteroatoms. The zero-order valence-electron chi connectivity index (χ0n) is 11.8. The number of rotatable bonds is 5. The van der Waals surface area contributed by atoms with Gasteiger partial charge in [-0.2, -0.15) is 0 Å². The van der Waals surface area contributed by atoms with E-state index in [0.717, 1.165) is 22.1 Å². The van der Waals surface area contributed by atoms with E-state index in [1.807, 2.05) is 6.07 Å². The highest BCUT2D eigenvalue weighted by Crippen LogP contribution is 2.25. The normalized spacial score (nSPS) is 12.4. The van der Waals surface area contributed by atoms with Gasteiger partial charge in [0.1, 0.15) is 5.82 Å². The van der Waals surface area contributed by atoms with E-state index in [0.29, 0.717) is 0 Å². The van der Waals surface area contributed by atoms with Gasteiger partial charge < -0.3 is 5.32 Å². The molecule has 0 saturated carbocycles. The van der Waals surface area contributed by atoms with E-state index in [2.05, 4.69) is 66.0 Å². The molecule has 1 nitrogen and oxygen atoms in total. The Morgan fingerprint density at radius 1 is 1.20 bits per heavy atom. The van der Waals surface area contributed by atoms with Crippen molar-refractivity contribution in [1.82, 2.24) is 5.32 Å². The summed E-state index contributed by atoms with van der Waals surface area (Å²) in [6.45, 7) is 5.12. The van der Waals surface area contributed by atoms with Crippen LogP contribution in [-0.4, -0.2) is 6.54 Å². The van der Waals surface area contributed by atoms with Crippen molar-refractivity contribution in [3.05, 3.63) is 68.5 Å². The van der Waals surface area contributed by atoms with Crippen molar-refractivity contribution in [3.63, 3.8) is 0 Å². The standard InChI is InChI=1S/C17H19FIN/c1-3-20-17(10-13-7-5-4-6-12(13)2)15-9-8-14(18)11-16(15)19/h4-9,11,17,20H,3,10H2,1-2H3. The predicted molar refractivity (Wildman–Crippen MR) is 90.4 cm³/mol. The van der Waals surface area contributed by atoms with Crippen molar-refractivity contribution in [1.29, 1.82) is 0 Å². The van der Waals surface area contributed by atoms with Crippen LogP contribution in [0.5, 0.6) is 0 Å². The van der Waals surface area contributed by atoms with Crippen LogP contribution >= 0.6 is 22.6 Å². The maximum Gasteiger partial charge on any atom is 0.124 e. The largest absolute Gasteiger partial charge is 0.310 e. The lowest BCUT2D eigenvalue weighted by Gasteiger charge is -2.21. The zero-order valence-corrected chi connectivity index (χ0v) is 13.9. The Morgan fingerprint density at radius 2 is 1.95 bits per heavy atom. The SMILES string of the molecule is CCNC(Cc1ccccc1C)c1ccc(F)cc1I. The predicted octanol–water partition coefficient (Wildman–Crippen LogP) is 4.63. The van der Waals surface area contributed by atoms with E-state index in [4.69, 9.17) is 0 Å². The number of hydrogen-bond acceptors (Lipinski definition) is 1. The monoisotopic (exact) mass is 383 g/mol. The minimum atomic E-state index is -0.177. The van der Waals surface area contributed by atoms with E-state index in [1.54, 1.807) is 12.1 Å². The molecule has 0 bridgehead atoms. The molecule has 0 spiro atoms.